The number of rotatable bonds is 9. The number of hydrogen-bond donors (Lipinski definition) is 1. The molecule has 29 heavy (non-hydrogen) atoms. The second-order valence-electron chi connectivity index (χ2n) is 6.29. The van der Waals surface area contributed by atoms with Crippen molar-refractivity contribution in [3.63, 3.8) is 0 Å². The lowest BCUT2D eigenvalue weighted by atomic mass is 10.3. The van der Waals surface area contributed by atoms with Gasteiger partial charge in [0.2, 0.25) is 10.0 Å². The van der Waals surface area contributed by atoms with Crippen LogP contribution in [0.2, 0.25) is 0 Å². The first-order valence-electron chi connectivity index (χ1n) is 9.18. The topological polar surface area (TPSA) is 107 Å². The van der Waals surface area contributed by atoms with Crippen LogP contribution in [0.1, 0.15) is 16.3 Å². The van der Waals surface area contributed by atoms with Gasteiger partial charge >= 0.3 is 0 Å². The van der Waals surface area contributed by atoms with Crippen LogP contribution in [0.15, 0.2) is 40.8 Å². The van der Waals surface area contributed by atoms with E-state index in [-0.39, 0.29) is 24.7 Å². The van der Waals surface area contributed by atoms with Crippen molar-refractivity contribution in [1.29, 1.82) is 0 Å². The molecule has 0 bridgehead atoms. The molecule has 2 heterocycles. The number of morpholine rings is 1. The molecule has 0 unspecified atom stereocenters. The third-order valence-corrected chi connectivity index (χ3v) is 6.21. The van der Waals surface area contributed by atoms with Crippen molar-refractivity contribution >= 4 is 15.9 Å². The molecule has 10 heteroatoms. The number of nitrogens with one attached hydrogen (secondary N) is 1. The Morgan fingerprint density at radius 1 is 1.14 bits per heavy atom. The molecule has 158 valence electrons. The van der Waals surface area contributed by atoms with Crippen LogP contribution in [0.3, 0.4) is 0 Å². The van der Waals surface area contributed by atoms with Gasteiger partial charge < -0.3 is 23.9 Å². The predicted octanol–water partition coefficient (Wildman–Crippen LogP) is 1.26. The number of carbonyl (C=O) groups is 1. The van der Waals surface area contributed by atoms with Crippen LogP contribution in [0, 0.1) is 0 Å². The van der Waals surface area contributed by atoms with Crippen molar-refractivity contribution in [2.45, 2.75) is 6.61 Å². The molecule has 9 nitrogen and oxygen atoms in total. The van der Waals surface area contributed by atoms with Gasteiger partial charge in [0.05, 0.1) is 26.1 Å². The second kappa shape index (κ2) is 9.77. The fourth-order valence-electron chi connectivity index (χ4n) is 2.80. The van der Waals surface area contributed by atoms with Crippen LogP contribution in [-0.4, -0.2) is 64.3 Å². The summed E-state index contributed by atoms with van der Waals surface area (Å²) in [5.41, 5.74) is 0. The number of benzene rings is 1. The minimum absolute atomic E-state index is 0.00767. The Labute approximate surface area is 169 Å². The summed E-state index contributed by atoms with van der Waals surface area (Å²) in [5.74, 6) is 1.05. The van der Waals surface area contributed by atoms with Crippen LogP contribution in [0.4, 0.5) is 0 Å². The van der Waals surface area contributed by atoms with E-state index < -0.39 is 15.9 Å². The highest BCUT2D eigenvalue weighted by Crippen LogP contribution is 2.26. The number of nitrogens with zero attached hydrogens (tertiary/aromatic N) is 1. The summed E-state index contributed by atoms with van der Waals surface area (Å²) in [7, 11) is -1.87. The Kier molecular flexibility index (Phi) is 7.13. The van der Waals surface area contributed by atoms with E-state index in [4.69, 9.17) is 18.6 Å². The lowest BCUT2D eigenvalue weighted by Crippen LogP contribution is -2.43. The number of sulfonamides is 1. The number of amides is 1. The van der Waals surface area contributed by atoms with Gasteiger partial charge in [-0.2, -0.15) is 4.31 Å². The number of ether oxygens (including phenoxy) is 3. The zero-order valence-corrected chi connectivity index (χ0v) is 16.9. The van der Waals surface area contributed by atoms with Gasteiger partial charge in [0.1, 0.15) is 12.4 Å². The number of methoxy groups -OCH3 is 1. The van der Waals surface area contributed by atoms with E-state index >= 15 is 0 Å². The predicted molar refractivity (Wildman–Crippen MR) is 105 cm³/mol. The first kappa shape index (κ1) is 21.2. The Morgan fingerprint density at radius 3 is 2.59 bits per heavy atom. The SMILES string of the molecule is COc1ccccc1OCc1ccc(C(=O)NCCS(=O)(=O)N2CCOCC2)o1. The maximum absolute atomic E-state index is 12.2. The zero-order valence-electron chi connectivity index (χ0n) is 16.1. The van der Waals surface area contributed by atoms with Crippen molar-refractivity contribution in [1.82, 2.24) is 9.62 Å². The third-order valence-electron chi connectivity index (χ3n) is 4.33. The van der Waals surface area contributed by atoms with Crippen molar-refractivity contribution in [2.75, 3.05) is 45.7 Å². The van der Waals surface area contributed by atoms with Crippen LogP contribution < -0.4 is 14.8 Å². The van der Waals surface area contributed by atoms with E-state index in [1.807, 2.05) is 12.1 Å². The molecule has 1 aliphatic heterocycles. The average molecular weight is 424 g/mol. The molecule has 2 aromatic rings. The number of para-hydroxylation sites is 2. The van der Waals surface area contributed by atoms with Crippen molar-refractivity contribution in [2.24, 2.45) is 0 Å². The van der Waals surface area contributed by atoms with Gasteiger partial charge in [0.15, 0.2) is 17.3 Å². The van der Waals surface area contributed by atoms with E-state index in [0.717, 1.165) is 0 Å². The number of hydrogen-bond acceptors (Lipinski definition) is 7. The molecule has 1 saturated heterocycles. The summed E-state index contributed by atoms with van der Waals surface area (Å²) >= 11 is 0. The van der Waals surface area contributed by atoms with Crippen molar-refractivity contribution < 1.29 is 31.8 Å². The Morgan fingerprint density at radius 2 is 1.86 bits per heavy atom. The van der Waals surface area contributed by atoms with Crippen LogP contribution >= 0.6 is 0 Å². The van der Waals surface area contributed by atoms with Crippen molar-refractivity contribution in [3.05, 3.63) is 47.9 Å². The number of carbonyl (C=O) groups excluding carboxylic acids is 1. The molecule has 0 aliphatic carbocycles. The van der Waals surface area contributed by atoms with E-state index in [1.54, 1.807) is 25.3 Å². The Hall–Kier alpha value is -2.56. The zero-order chi connectivity index (χ0) is 20.7. The van der Waals surface area contributed by atoms with Gasteiger partial charge in [-0.3, -0.25) is 4.79 Å². The standard InChI is InChI=1S/C19H24N2O7S/c1-25-16-4-2-3-5-17(16)27-14-15-6-7-18(28-15)19(22)20-8-13-29(23,24)21-9-11-26-12-10-21/h2-7H,8-14H2,1H3,(H,20,22). The molecular weight excluding hydrogens is 400 g/mol. The maximum atomic E-state index is 12.2. The normalized spacial score (nSPS) is 15.1. The first-order valence-corrected chi connectivity index (χ1v) is 10.8. The summed E-state index contributed by atoms with van der Waals surface area (Å²) in [5, 5.41) is 2.57. The smallest absolute Gasteiger partial charge is 0.287 e. The fourth-order valence-corrected chi connectivity index (χ4v) is 4.12. The minimum atomic E-state index is -3.43. The largest absolute Gasteiger partial charge is 0.493 e. The molecule has 1 fully saturated rings. The van der Waals surface area contributed by atoms with E-state index in [9.17, 15) is 13.2 Å². The molecule has 1 aromatic heterocycles. The van der Waals surface area contributed by atoms with Gasteiger partial charge in [0, 0.05) is 19.6 Å². The molecule has 1 N–H and O–H groups in total. The van der Waals surface area contributed by atoms with Gasteiger partial charge in [-0.15, -0.1) is 0 Å². The van der Waals surface area contributed by atoms with Crippen molar-refractivity contribution in [3.8, 4) is 11.5 Å². The van der Waals surface area contributed by atoms with E-state index in [1.165, 1.54) is 10.4 Å². The molecule has 1 aromatic carbocycles. The van der Waals surface area contributed by atoms with Gasteiger partial charge in [-0.25, -0.2) is 8.42 Å². The molecular formula is C19H24N2O7S. The highest BCUT2D eigenvalue weighted by atomic mass is 32.2. The second-order valence-corrected chi connectivity index (χ2v) is 8.38. The first-order chi connectivity index (χ1) is 14.0. The van der Waals surface area contributed by atoms with Gasteiger partial charge in [-0.05, 0) is 24.3 Å². The molecule has 1 aliphatic rings. The lowest BCUT2D eigenvalue weighted by molar-refractivity contribution is 0.0730. The molecule has 0 radical (unpaired) electrons. The van der Waals surface area contributed by atoms with E-state index in [0.29, 0.717) is 43.6 Å². The molecule has 3 rings (SSSR count). The summed E-state index contributed by atoms with van der Waals surface area (Å²) in [6, 6.07) is 10.4. The lowest BCUT2D eigenvalue weighted by Gasteiger charge is -2.25. The fraction of sp³-hybridized carbons (Fsp3) is 0.421. The summed E-state index contributed by atoms with van der Waals surface area (Å²) in [6.07, 6.45) is 0. The van der Waals surface area contributed by atoms with Crippen LogP contribution in [0.25, 0.3) is 0 Å². The quantitative estimate of drug-likeness (QED) is 0.646. The third kappa shape index (κ3) is 5.72. The van der Waals surface area contributed by atoms with E-state index in [2.05, 4.69) is 5.32 Å². The highest BCUT2D eigenvalue weighted by molar-refractivity contribution is 7.89. The van der Waals surface area contributed by atoms with Gasteiger partial charge in [0.25, 0.3) is 5.91 Å². The van der Waals surface area contributed by atoms with Gasteiger partial charge in [-0.1, -0.05) is 12.1 Å². The summed E-state index contributed by atoms with van der Waals surface area (Å²) in [6.45, 7) is 1.56. The summed E-state index contributed by atoms with van der Waals surface area (Å²) < 4.78 is 47.4. The summed E-state index contributed by atoms with van der Waals surface area (Å²) in [4.78, 5) is 12.2. The monoisotopic (exact) mass is 424 g/mol. The molecule has 0 atom stereocenters. The number of furan rings is 1. The van der Waals surface area contributed by atoms with Crippen LogP contribution in [0.5, 0.6) is 11.5 Å². The molecule has 1 amide bonds. The molecule has 0 saturated carbocycles. The Balaban J connectivity index is 1.47. The average Bonchev–Trinajstić information content (AvgIpc) is 3.22. The minimum Gasteiger partial charge on any atom is -0.493 e. The molecule has 0 spiro atoms. The maximum Gasteiger partial charge on any atom is 0.287 e. The van der Waals surface area contributed by atoms with Crippen LogP contribution in [-0.2, 0) is 21.4 Å². The highest BCUT2D eigenvalue weighted by Gasteiger charge is 2.24. The Bertz CT molecular complexity index is 920.